The molecule has 1 amide bonds. The first-order valence-corrected chi connectivity index (χ1v) is 6.41. The molecule has 0 atom stereocenters. The Morgan fingerprint density at radius 3 is 2.47 bits per heavy atom. The minimum absolute atomic E-state index is 0.294. The number of nitrogens with zero attached hydrogens (tertiary/aromatic N) is 1. The van der Waals surface area contributed by atoms with Crippen LogP contribution in [-0.2, 0) is 4.74 Å². The Morgan fingerprint density at radius 1 is 1.26 bits per heavy atom. The van der Waals surface area contributed by atoms with E-state index in [2.05, 4.69) is 0 Å². The molecule has 0 aromatic heterocycles. The van der Waals surface area contributed by atoms with Crippen molar-refractivity contribution >= 4 is 17.4 Å². The highest BCUT2D eigenvalue weighted by atomic mass is 16.6. The van der Waals surface area contributed by atoms with Crippen LogP contribution in [-0.4, -0.2) is 23.1 Å². The van der Waals surface area contributed by atoms with Gasteiger partial charge in [-0.15, -0.1) is 0 Å². The summed E-state index contributed by atoms with van der Waals surface area (Å²) in [7, 11) is 0. The van der Waals surface area contributed by atoms with E-state index in [-0.39, 0.29) is 6.09 Å². The maximum Gasteiger partial charge on any atom is 0.414 e. The van der Waals surface area contributed by atoms with Crippen molar-refractivity contribution in [3.8, 4) is 0 Å². The van der Waals surface area contributed by atoms with Crippen molar-refractivity contribution in [3.63, 3.8) is 0 Å². The molecule has 4 nitrogen and oxygen atoms in total. The summed E-state index contributed by atoms with van der Waals surface area (Å²) in [6.07, 6.45) is 2.40. The minimum atomic E-state index is -0.463. The lowest BCUT2D eigenvalue weighted by Gasteiger charge is -2.23. The number of carbonyl (C=O) groups excluding carboxylic acids is 1. The van der Waals surface area contributed by atoms with E-state index in [9.17, 15) is 4.79 Å². The lowest BCUT2D eigenvalue weighted by atomic mass is 10.1. The van der Waals surface area contributed by atoms with Crippen LogP contribution in [0.5, 0.6) is 0 Å². The van der Waals surface area contributed by atoms with Crippen LogP contribution in [0.3, 0.4) is 0 Å². The second-order valence-electron chi connectivity index (χ2n) is 5.70. The quantitative estimate of drug-likeness (QED) is 0.788. The third-order valence-corrected chi connectivity index (χ3v) is 2.84. The Bertz CT molecular complexity index is 498. The van der Waals surface area contributed by atoms with Gasteiger partial charge in [-0.25, -0.2) is 4.79 Å². The van der Waals surface area contributed by atoms with Crippen LogP contribution in [0.15, 0.2) is 30.5 Å². The van der Waals surface area contributed by atoms with Gasteiger partial charge in [0.05, 0.1) is 0 Å². The predicted molar refractivity (Wildman–Crippen MR) is 76.4 cm³/mol. The lowest BCUT2D eigenvalue weighted by Crippen LogP contribution is -2.32. The zero-order valence-corrected chi connectivity index (χ0v) is 11.6. The molecule has 1 aliphatic heterocycles. The van der Waals surface area contributed by atoms with Gasteiger partial charge in [0.25, 0.3) is 0 Å². The molecule has 0 spiro atoms. The van der Waals surface area contributed by atoms with E-state index in [1.807, 2.05) is 51.2 Å². The zero-order chi connectivity index (χ0) is 14.0. The molecule has 1 aromatic carbocycles. The Balaban J connectivity index is 2.08. The molecular weight excluding hydrogens is 240 g/mol. The van der Waals surface area contributed by atoms with Crippen molar-refractivity contribution in [2.45, 2.75) is 32.8 Å². The normalized spacial score (nSPS) is 15.3. The number of hydrogen-bond donors (Lipinski definition) is 1. The minimum Gasteiger partial charge on any atom is -0.443 e. The van der Waals surface area contributed by atoms with E-state index in [4.69, 9.17) is 10.5 Å². The van der Waals surface area contributed by atoms with Gasteiger partial charge < -0.3 is 10.5 Å². The van der Waals surface area contributed by atoms with Crippen LogP contribution in [0.4, 0.5) is 10.5 Å². The van der Waals surface area contributed by atoms with Gasteiger partial charge in [-0.3, -0.25) is 4.90 Å². The SMILES string of the molecule is CC(C)(C)OC(=O)N1C=C(c2ccc(N)cc2)CC1. The van der Waals surface area contributed by atoms with Crippen LogP contribution in [0.1, 0.15) is 32.8 Å². The van der Waals surface area contributed by atoms with Crippen LogP contribution >= 0.6 is 0 Å². The molecule has 1 aliphatic rings. The average molecular weight is 260 g/mol. The summed E-state index contributed by atoms with van der Waals surface area (Å²) in [5.74, 6) is 0. The van der Waals surface area contributed by atoms with E-state index < -0.39 is 5.60 Å². The van der Waals surface area contributed by atoms with Gasteiger partial charge in [0, 0.05) is 18.4 Å². The van der Waals surface area contributed by atoms with Crippen LogP contribution in [0.2, 0.25) is 0 Å². The standard InChI is InChI=1S/C15H20N2O2/c1-15(2,3)19-14(18)17-9-8-12(10-17)11-4-6-13(16)7-5-11/h4-7,10H,8-9,16H2,1-3H3. The molecule has 0 unspecified atom stereocenters. The summed E-state index contributed by atoms with van der Waals surface area (Å²) in [5, 5.41) is 0. The monoisotopic (exact) mass is 260 g/mol. The number of anilines is 1. The smallest absolute Gasteiger partial charge is 0.414 e. The predicted octanol–water partition coefficient (Wildman–Crippen LogP) is 3.25. The second kappa shape index (κ2) is 4.96. The summed E-state index contributed by atoms with van der Waals surface area (Å²) >= 11 is 0. The summed E-state index contributed by atoms with van der Waals surface area (Å²) in [6, 6.07) is 7.68. The molecule has 0 saturated carbocycles. The Labute approximate surface area is 113 Å². The third-order valence-electron chi connectivity index (χ3n) is 2.84. The van der Waals surface area contributed by atoms with Gasteiger partial charge in [0.15, 0.2) is 0 Å². The number of nitrogens with two attached hydrogens (primary N) is 1. The maximum absolute atomic E-state index is 11.9. The fourth-order valence-electron chi connectivity index (χ4n) is 1.94. The van der Waals surface area contributed by atoms with Crippen molar-refractivity contribution in [1.82, 2.24) is 4.90 Å². The van der Waals surface area contributed by atoms with Crippen LogP contribution in [0.25, 0.3) is 5.57 Å². The van der Waals surface area contributed by atoms with Crippen LogP contribution < -0.4 is 5.73 Å². The Kier molecular flexibility index (Phi) is 3.51. The summed E-state index contributed by atoms with van der Waals surface area (Å²) < 4.78 is 5.35. The number of carbonyl (C=O) groups is 1. The number of nitrogen functional groups attached to an aromatic ring is 1. The lowest BCUT2D eigenvalue weighted by molar-refractivity contribution is 0.0349. The van der Waals surface area contributed by atoms with E-state index in [1.54, 1.807) is 4.90 Å². The first-order valence-electron chi connectivity index (χ1n) is 6.41. The second-order valence-corrected chi connectivity index (χ2v) is 5.70. The molecule has 102 valence electrons. The van der Waals surface area contributed by atoms with Gasteiger partial charge in [-0.05, 0) is 50.5 Å². The summed E-state index contributed by atoms with van der Waals surface area (Å²) in [5.41, 5.74) is 8.17. The Morgan fingerprint density at radius 2 is 1.89 bits per heavy atom. The number of hydrogen-bond acceptors (Lipinski definition) is 3. The van der Waals surface area contributed by atoms with Gasteiger partial charge in [-0.2, -0.15) is 0 Å². The molecule has 0 fully saturated rings. The van der Waals surface area contributed by atoms with Gasteiger partial charge in [-0.1, -0.05) is 12.1 Å². The van der Waals surface area contributed by atoms with Crippen molar-refractivity contribution in [1.29, 1.82) is 0 Å². The number of amides is 1. The van der Waals surface area contributed by atoms with Crippen molar-refractivity contribution in [3.05, 3.63) is 36.0 Å². The van der Waals surface area contributed by atoms with E-state index in [0.717, 1.165) is 23.2 Å². The highest BCUT2D eigenvalue weighted by Gasteiger charge is 2.24. The van der Waals surface area contributed by atoms with Gasteiger partial charge >= 0.3 is 6.09 Å². The number of benzene rings is 1. The number of ether oxygens (including phenoxy) is 1. The molecule has 0 radical (unpaired) electrons. The molecule has 1 aromatic rings. The summed E-state index contributed by atoms with van der Waals surface area (Å²) in [6.45, 7) is 6.26. The number of rotatable bonds is 1. The molecule has 2 rings (SSSR count). The third kappa shape index (κ3) is 3.50. The first-order chi connectivity index (χ1) is 8.85. The molecule has 1 heterocycles. The topological polar surface area (TPSA) is 55.6 Å². The maximum atomic E-state index is 11.9. The highest BCUT2D eigenvalue weighted by Crippen LogP contribution is 2.26. The van der Waals surface area contributed by atoms with Gasteiger partial charge in [0.1, 0.15) is 5.60 Å². The van der Waals surface area contributed by atoms with Gasteiger partial charge in [0.2, 0.25) is 0 Å². The van der Waals surface area contributed by atoms with Crippen LogP contribution in [0, 0.1) is 0 Å². The fourth-order valence-corrected chi connectivity index (χ4v) is 1.94. The molecular formula is C15H20N2O2. The zero-order valence-electron chi connectivity index (χ0n) is 11.6. The fraction of sp³-hybridized carbons (Fsp3) is 0.400. The molecule has 0 saturated heterocycles. The van der Waals surface area contributed by atoms with Crippen molar-refractivity contribution in [2.24, 2.45) is 0 Å². The highest BCUT2D eigenvalue weighted by molar-refractivity contribution is 5.77. The van der Waals surface area contributed by atoms with Crippen molar-refractivity contribution in [2.75, 3.05) is 12.3 Å². The first kappa shape index (κ1) is 13.5. The van der Waals surface area contributed by atoms with Crippen molar-refractivity contribution < 1.29 is 9.53 Å². The van der Waals surface area contributed by atoms with E-state index in [0.29, 0.717) is 6.54 Å². The molecule has 0 bridgehead atoms. The average Bonchev–Trinajstić information content (AvgIpc) is 2.77. The Hall–Kier alpha value is -1.97. The largest absolute Gasteiger partial charge is 0.443 e. The molecule has 2 N–H and O–H groups in total. The molecule has 19 heavy (non-hydrogen) atoms. The summed E-state index contributed by atoms with van der Waals surface area (Å²) in [4.78, 5) is 13.6. The molecule has 0 aliphatic carbocycles. The molecule has 4 heteroatoms. The van der Waals surface area contributed by atoms with E-state index in [1.165, 1.54) is 0 Å². The van der Waals surface area contributed by atoms with E-state index >= 15 is 0 Å².